The summed E-state index contributed by atoms with van der Waals surface area (Å²) >= 11 is 0. The highest BCUT2D eigenvalue weighted by Gasteiger charge is 1.91. The summed E-state index contributed by atoms with van der Waals surface area (Å²) in [5, 5.41) is 24.2. The number of carbonyl (C=O) groups is 1. The van der Waals surface area contributed by atoms with Crippen LogP contribution in [0.3, 0.4) is 0 Å². The van der Waals surface area contributed by atoms with Crippen molar-refractivity contribution in [2.75, 3.05) is 19.8 Å². The maximum atomic E-state index is 9.00. The van der Waals surface area contributed by atoms with Crippen molar-refractivity contribution >= 4 is 5.97 Å². The second kappa shape index (κ2) is 10.3. The van der Waals surface area contributed by atoms with Gasteiger partial charge in [-0.15, -0.1) is 0 Å². The molecule has 0 aromatic rings. The molecule has 0 fully saturated rings. The molecule has 1 unspecified atom stereocenters. The zero-order valence-corrected chi connectivity index (χ0v) is 7.36. The van der Waals surface area contributed by atoms with E-state index >= 15 is 0 Å². The van der Waals surface area contributed by atoms with E-state index < -0.39 is 12.1 Å². The van der Waals surface area contributed by atoms with E-state index in [1.54, 1.807) is 6.92 Å². The topological polar surface area (TPSA) is 87.0 Å². The zero-order chi connectivity index (χ0) is 9.98. The lowest BCUT2D eigenvalue weighted by Gasteiger charge is -2.02. The van der Waals surface area contributed by atoms with Crippen molar-refractivity contribution in [2.24, 2.45) is 0 Å². The summed E-state index contributed by atoms with van der Waals surface area (Å²) in [4.78, 5) is 9.00. The first-order valence-electron chi connectivity index (χ1n) is 3.57. The molecule has 0 rings (SSSR count). The van der Waals surface area contributed by atoms with Crippen LogP contribution in [0, 0.1) is 0 Å². The van der Waals surface area contributed by atoms with Crippen LogP contribution >= 0.6 is 0 Å². The Morgan fingerprint density at radius 3 is 2.25 bits per heavy atom. The fourth-order valence-electron chi connectivity index (χ4n) is 0.318. The molecule has 5 nitrogen and oxygen atoms in total. The van der Waals surface area contributed by atoms with Gasteiger partial charge in [0.25, 0.3) is 5.97 Å². The number of hydrogen-bond donors (Lipinski definition) is 3. The van der Waals surface area contributed by atoms with Gasteiger partial charge in [0, 0.05) is 6.92 Å². The molecule has 0 aliphatic rings. The normalized spacial score (nSPS) is 11.3. The molecule has 0 aliphatic heterocycles. The molecule has 0 bridgehead atoms. The smallest absolute Gasteiger partial charge is 0.300 e. The predicted molar refractivity (Wildman–Crippen MR) is 42.9 cm³/mol. The molecular formula is C7H16O5. The summed E-state index contributed by atoms with van der Waals surface area (Å²) < 4.78 is 4.74. The van der Waals surface area contributed by atoms with Crippen LogP contribution in [0.25, 0.3) is 0 Å². The Hall–Kier alpha value is -0.650. The number of aliphatic carboxylic acids is 1. The molecule has 1 atom stereocenters. The first kappa shape index (κ1) is 13.9. The fraction of sp³-hybridized carbons (Fsp3) is 0.857. The molecule has 74 valence electrons. The van der Waals surface area contributed by atoms with Gasteiger partial charge in [0.2, 0.25) is 0 Å². The molecule has 3 N–H and O–H groups in total. The fourth-order valence-corrected chi connectivity index (χ4v) is 0.318. The maximum Gasteiger partial charge on any atom is 0.300 e. The minimum atomic E-state index is -0.833. The third kappa shape index (κ3) is 34.5. The summed E-state index contributed by atoms with van der Waals surface area (Å²) in [6, 6.07) is 0. The lowest BCUT2D eigenvalue weighted by molar-refractivity contribution is -0.134. The van der Waals surface area contributed by atoms with Gasteiger partial charge in [0.05, 0.1) is 25.9 Å². The maximum absolute atomic E-state index is 9.00. The summed E-state index contributed by atoms with van der Waals surface area (Å²) in [7, 11) is 0. The zero-order valence-electron chi connectivity index (χ0n) is 7.36. The van der Waals surface area contributed by atoms with Crippen molar-refractivity contribution in [1.82, 2.24) is 0 Å². The average Bonchev–Trinajstić information content (AvgIpc) is 1.86. The lowest BCUT2D eigenvalue weighted by atomic mass is 10.4. The van der Waals surface area contributed by atoms with Crippen LogP contribution in [0.2, 0.25) is 0 Å². The molecule has 0 radical (unpaired) electrons. The largest absolute Gasteiger partial charge is 0.481 e. The molecule has 0 heterocycles. The van der Waals surface area contributed by atoms with E-state index in [0.29, 0.717) is 13.2 Å². The third-order valence-corrected chi connectivity index (χ3v) is 0.595. The van der Waals surface area contributed by atoms with Gasteiger partial charge in [-0.2, -0.15) is 0 Å². The monoisotopic (exact) mass is 180 g/mol. The summed E-state index contributed by atoms with van der Waals surface area (Å²) in [5.74, 6) is -0.833. The van der Waals surface area contributed by atoms with Gasteiger partial charge < -0.3 is 20.1 Å². The number of aliphatic hydroxyl groups is 2. The van der Waals surface area contributed by atoms with Crippen molar-refractivity contribution in [2.45, 2.75) is 20.0 Å². The van der Waals surface area contributed by atoms with E-state index in [1.807, 2.05) is 0 Å². The highest BCUT2D eigenvalue weighted by molar-refractivity contribution is 5.62. The Labute approximate surface area is 71.6 Å². The van der Waals surface area contributed by atoms with Crippen LogP contribution in [-0.2, 0) is 9.53 Å². The van der Waals surface area contributed by atoms with Crippen LogP contribution in [0.4, 0.5) is 0 Å². The van der Waals surface area contributed by atoms with E-state index in [4.69, 9.17) is 24.9 Å². The summed E-state index contributed by atoms with van der Waals surface area (Å²) in [6.45, 7) is 3.36. The summed E-state index contributed by atoms with van der Waals surface area (Å²) in [5.41, 5.74) is 0. The van der Waals surface area contributed by atoms with Gasteiger partial charge in [-0.05, 0) is 6.92 Å². The Balaban J connectivity index is 0. The van der Waals surface area contributed by atoms with E-state index in [-0.39, 0.29) is 6.61 Å². The van der Waals surface area contributed by atoms with E-state index in [1.165, 1.54) is 0 Å². The van der Waals surface area contributed by atoms with Crippen LogP contribution in [0.1, 0.15) is 13.8 Å². The lowest BCUT2D eigenvalue weighted by Crippen LogP contribution is -2.12. The number of ether oxygens (including phenoxy) is 1. The third-order valence-electron chi connectivity index (χ3n) is 0.595. The van der Waals surface area contributed by atoms with Gasteiger partial charge in [0.15, 0.2) is 0 Å². The van der Waals surface area contributed by atoms with Gasteiger partial charge >= 0.3 is 0 Å². The molecule has 0 amide bonds. The Morgan fingerprint density at radius 1 is 1.58 bits per heavy atom. The number of aliphatic hydroxyl groups excluding tert-OH is 2. The Kier molecular flexibility index (Phi) is 12.0. The molecule has 0 saturated carbocycles. The predicted octanol–water partition coefficient (Wildman–Crippen LogP) is -0.533. The quantitative estimate of drug-likeness (QED) is 0.506. The molecule has 0 spiro atoms. The first-order valence-corrected chi connectivity index (χ1v) is 3.57. The van der Waals surface area contributed by atoms with Crippen LogP contribution in [-0.4, -0.2) is 47.2 Å². The number of carboxylic acid groups (broad SMARTS) is 1. The second-order valence-electron chi connectivity index (χ2n) is 2.17. The molecule has 12 heavy (non-hydrogen) atoms. The first-order chi connectivity index (χ1) is 5.50. The highest BCUT2D eigenvalue weighted by Crippen LogP contribution is 1.80. The van der Waals surface area contributed by atoms with Crippen molar-refractivity contribution in [3.63, 3.8) is 0 Å². The van der Waals surface area contributed by atoms with Gasteiger partial charge in [-0.25, -0.2) is 0 Å². The second-order valence-corrected chi connectivity index (χ2v) is 2.17. The van der Waals surface area contributed by atoms with Crippen LogP contribution in [0.5, 0.6) is 0 Å². The molecule has 0 aromatic carbocycles. The van der Waals surface area contributed by atoms with Crippen molar-refractivity contribution in [3.05, 3.63) is 0 Å². The molecule has 0 aromatic heterocycles. The van der Waals surface area contributed by atoms with Crippen LogP contribution in [0.15, 0.2) is 0 Å². The molecule has 0 saturated heterocycles. The van der Waals surface area contributed by atoms with Crippen LogP contribution < -0.4 is 0 Å². The van der Waals surface area contributed by atoms with Gasteiger partial charge in [-0.3, -0.25) is 4.79 Å². The molecular weight excluding hydrogens is 164 g/mol. The van der Waals surface area contributed by atoms with E-state index in [0.717, 1.165) is 6.92 Å². The number of hydrogen-bond acceptors (Lipinski definition) is 4. The highest BCUT2D eigenvalue weighted by atomic mass is 16.5. The average molecular weight is 180 g/mol. The Morgan fingerprint density at radius 2 is 2.00 bits per heavy atom. The minimum absolute atomic E-state index is 0.0206. The van der Waals surface area contributed by atoms with Gasteiger partial charge in [-0.1, -0.05) is 0 Å². The van der Waals surface area contributed by atoms with Crippen molar-refractivity contribution < 1.29 is 24.9 Å². The van der Waals surface area contributed by atoms with Gasteiger partial charge in [0.1, 0.15) is 0 Å². The molecule has 5 heteroatoms. The van der Waals surface area contributed by atoms with Crippen molar-refractivity contribution in [3.8, 4) is 0 Å². The molecule has 0 aliphatic carbocycles. The SMILES string of the molecule is CC(=O)O.CC(O)COCCO. The van der Waals surface area contributed by atoms with E-state index in [9.17, 15) is 0 Å². The van der Waals surface area contributed by atoms with E-state index in [2.05, 4.69) is 0 Å². The minimum Gasteiger partial charge on any atom is -0.481 e. The van der Waals surface area contributed by atoms with Crippen molar-refractivity contribution in [1.29, 1.82) is 0 Å². The summed E-state index contributed by atoms with van der Waals surface area (Å²) in [6.07, 6.45) is -0.429. The Bertz CT molecular complexity index is 98.0. The standard InChI is InChI=1S/C5H12O3.C2H4O2/c1-5(7)4-8-3-2-6;1-2(3)4/h5-7H,2-4H2,1H3;1H3,(H,3,4). The number of rotatable bonds is 4. The number of carboxylic acids is 1.